The van der Waals surface area contributed by atoms with Crippen molar-refractivity contribution >= 4 is 11.8 Å². The number of rotatable bonds is 3. The summed E-state index contributed by atoms with van der Waals surface area (Å²) in [5.74, 6) is 1.23. The van der Waals surface area contributed by atoms with Crippen LogP contribution in [0.1, 0.15) is 66.9 Å². The van der Waals surface area contributed by atoms with Crippen molar-refractivity contribution in [2.45, 2.75) is 63.1 Å². The molecule has 2 aromatic carbocycles. The SMILES string of the molecule is O=C(NC1CCCOc2ccccc21)[C@@H]1C[C@@H]2CCCC[C@@H]2N1C(=O)c1ccccc1. The van der Waals surface area contributed by atoms with Gasteiger partial charge in [-0.1, -0.05) is 49.2 Å². The van der Waals surface area contributed by atoms with Gasteiger partial charge < -0.3 is 15.0 Å². The standard InChI is InChI=1S/C26H30N2O3/c29-25(27-21-13-8-16-31-24-15-7-5-12-20(21)24)23-17-19-11-4-6-14-22(19)28(23)26(30)18-9-2-1-3-10-18/h1-3,5,7,9-10,12,15,19,21-23H,4,6,8,11,13-14,16-17H2,(H,27,29)/t19-,21?,22-,23-/m0/s1. The van der Waals surface area contributed by atoms with Crippen LogP contribution in [-0.2, 0) is 4.79 Å². The van der Waals surface area contributed by atoms with Crippen LogP contribution in [0.4, 0.5) is 0 Å². The Morgan fingerprint density at radius 1 is 0.903 bits per heavy atom. The highest BCUT2D eigenvalue weighted by atomic mass is 16.5. The Labute approximate surface area is 183 Å². The molecule has 2 amide bonds. The highest BCUT2D eigenvalue weighted by Crippen LogP contribution is 2.41. The molecule has 0 radical (unpaired) electrons. The van der Waals surface area contributed by atoms with Gasteiger partial charge in [-0.05, 0) is 56.2 Å². The largest absolute Gasteiger partial charge is 0.493 e. The predicted octanol–water partition coefficient (Wildman–Crippen LogP) is 4.49. The Kier molecular flexibility index (Phi) is 5.66. The molecule has 1 N–H and O–H groups in total. The number of para-hydroxylation sites is 1. The van der Waals surface area contributed by atoms with Crippen LogP contribution < -0.4 is 10.1 Å². The molecule has 5 rings (SSSR count). The summed E-state index contributed by atoms with van der Waals surface area (Å²) in [6, 6.07) is 17.0. The van der Waals surface area contributed by atoms with Crippen LogP contribution in [-0.4, -0.2) is 35.4 Å². The summed E-state index contributed by atoms with van der Waals surface area (Å²) in [6.45, 7) is 0.662. The minimum atomic E-state index is -0.405. The van der Waals surface area contributed by atoms with Crippen LogP contribution in [0.3, 0.4) is 0 Å². The lowest BCUT2D eigenvalue weighted by molar-refractivity contribution is -0.126. The van der Waals surface area contributed by atoms with Gasteiger partial charge in [0.25, 0.3) is 5.91 Å². The molecule has 1 saturated carbocycles. The van der Waals surface area contributed by atoms with Gasteiger partial charge in [-0.3, -0.25) is 9.59 Å². The number of fused-ring (bicyclic) bond motifs is 2. The molecule has 3 aliphatic rings. The van der Waals surface area contributed by atoms with E-state index >= 15 is 0 Å². The van der Waals surface area contributed by atoms with Crippen molar-refractivity contribution in [1.82, 2.24) is 10.2 Å². The van der Waals surface area contributed by atoms with Gasteiger partial charge in [0.1, 0.15) is 11.8 Å². The average Bonchev–Trinajstić information content (AvgIpc) is 3.09. The molecule has 5 heteroatoms. The van der Waals surface area contributed by atoms with E-state index in [0.29, 0.717) is 18.1 Å². The highest BCUT2D eigenvalue weighted by Gasteiger charge is 2.47. The molecule has 2 aromatic rings. The van der Waals surface area contributed by atoms with Crippen LogP contribution >= 0.6 is 0 Å². The van der Waals surface area contributed by atoms with E-state index in [-0.39, 0.29) is 23.9 Å². The number of hydrogen-bond acceptors (Lipinski definition) is 3. The molecule has 0 bridgehead atoms. The number of ether oxygens (including phenoxy) is 1. The number of nitrogens with one attached hydrogen (secondary N) is 1. The maximum atomic E-state index is 13.6. The lowest BCUT2D eigenvalue weighted by atomic mass is 9.84. The van der Waals surface area contributed by atoms with Gasteiger partial charge in [0.05, 0.1) is 12.6 Å². The molecule has 1 aliphatic carbocycles. The summed E-state index contributed by atoms with van der Waals surface area (Å²) >= 11 is 0. The Morgan fingerprint density at radius 3 is 2.55 bits per heavy atom. The van der Waals surface area contributed by atoms with Gasteiger partial charge in [-0.25, -0.2) is 0 Å². The lowest BCUT2D eigenvalue weighted by Crippen LogP contribution is -2.50. The topological polar surface area (TPSA) is 58.6 Å². The first-order valence-corrected chi connectivity index (χ1v) is 11.6. The number of carbonyl (C=O) groups is 2. The molecule has 2 heterocycles. The monoisotopic (exact) mass is 418 g/mol. The zero-order valence-electron chi connectivity index (χ0n) is 17.8. The third-order valence-electron chi connectivity index (χ3n) is 7.15. The number of carbonyl (C=O) groups excluding carboxylic acids is 2. The second-order valence-electron chi connectivity index (χ2n) is 9.03. The summed E-state index contributed by atoms with van der Waals surface area (Å²) in [5.41, 5.74) is 1.70. The van der Waals surface area contributed by atoms with Crippen LogP contribution in [0, 0.1) is 5.92 Å². The summed E-state index contributed by atoms with van der Waals surface area (Å²) in [4.78, 5) is 29.0. The molecule has 4 atom stereocenters. The number of nitrogens with zero attached hydrogens (tertiary/aromatic N) is 1. The quantitative estimate of drug-likeness (QED) is 0.799. The van der Waals surface area contributed by atoms with E-state index in [1.54, 1.807) is 0 Å². The van der Waals surface area contributed by atoms with Gasteiger partial charge >= 0.3 is 0 Å². The van der Waals surface area contributed by atoms with Crippen molar-refractivity contribution in [1.29, 1.82) is 0 Å². The number of amides is 2. The van der Waals surface area contributed by atoms with Crippen LogP contribution in [0.2, 0.25) is 0 Å². The van der Waals surface area contributed by atoms with Gasteiger partial charge in [0.2, 0.25) is 5.91 Å². The number of likely N-dealkylation sites (tertiary alicyclic amines) is 1. The molecule has 2 fully saturated rings. The first-order chi connectivity index (χ1) is 15.2. The van der Waals surface area contributed by atoms with Gasteiger partial charge in [0.15, 0.2) is 0 Å². The van der Waals surface area contributed by atoms with Gasteiger partial charge in [-0.15, -0.1) is 0 Å². The molecule has 2 aliphatic heterocycles. The normalized spacial score (nSPS) is 27.4. The van der Waals surface area contributed by atoms with Gasteiger partial charge in [-0.2, -0.15) is 0 Å². The van der Waals surface area contributed by atoms with E-state index in [9.17, 15) is 9.59 Å². The van der Waals surface area contributed by atoms with Crippen molar-refractivity contribution in [2.75, 3.05) is 6.61 Å². The Balaban J connectivity index is 1.41. The molecule has 1 unspecified atom stereocenters. The third-order valence-corrected chi connectivity index (χ3v) is 7.15. The molecule has 1 saturated heterocycles. The van der Waals surface area contributed by atoms with E-state index in [1.165, 1.54) is 6.42 Å². The first-order valence-electron chi connectivity index (χ1n) is 11.6. The summed E-state index contributed by atoms with van der Waals surface area (Å²) in [5, 5.41) is 3.29. The molecule has 5 nitrogen and oxygen atoms in total. The molecule has 31 heavy (non-hydrogen) atoms. The maximum absolute atomic E-state index is 13.6. The number of benzene rings is 2. The van der Waals surface area contributed by atoms with E-state index < -0.39 is 6.04 Å². The fraction of sp³-hybridized carbons (Fsp3) is 0.462. The van der Waals surface area contributed by atoms with Gasteiger partial charge in [0, 0.05) is 17.2 Å². The second-order valence-corrected chi connectivity index (χ2v) is 9.03. The molecular formula is C26H30N2O3. The Bertz CT molecular complexity index is 945. The zero-order chi connectivity index (χ0) is 21.2. The molecule has 0 aromatic heterocycles. The molecule has 0 spiro atoms. The fourth-order valence-electron chi connectivity index (χ4n) is 5.66. The van der Waals surface area contributed by atoms with Crippen molar-refractivity contribution < 1.29 is 14.3 Å². The number of hydrogen-bond donors (Lipinski definition) is 1. The third kappa shape index (κ3) is 3.93. The molecule has 162 valence electrons. The Morgan fingerprint density at radius 2 is 1.68 bits per heavy atom. The van der Waals surface area contributed by atoms with E-state index in [1.807, 2.05) is 59.5 Å². The minimum absolute atomic E-state index is 0.0141. The fourth-order valence-corrected chi connectivity index (χ4v) is 5.66. The van der Waals surface area contributed by atoms with Crippen LogP contribution in [0.25, 0.3) is 0 Å². The summed E-state index contributed by atoms with van der Waals surface area (Å²) in [7, 11) is 0. The molecular weight excluding hydrogens is 388 g/mol. The average molecular weight is 419 g/mol. The maximum Gasteiger partial charge on any atom is 0.254 e. The summed E-state index contributed by atoms with van der Waals surface area (Å²) < 4.78 is 5.86. The van der Waals surface area contributed by atoms with Crippen LogP contribution in [0.15, 0.2) is 54.6 Å². The second kappa shape index (κ2) is 8.74. The first kappa shape index (κ1) is 20.1. The van der Waals surface area contributed by atoms with E-state index in [4.69, 9.17) is 4.74 Å². The smallest absolute Gasteiger partial charge is 0.254 e. The van der Waals surface area contributed by atoms with Crippen molar-refractivity contribution in [3.05, 3.63) is 65.7 Å². The minimum Gasteiger partial charge on any atom is -0.493 e. The Hall–Kier alpha value is -2.82. The zero-order valence-corrected chi connectivity index (χ0v) is 17.8. The van der Waals surface area contributed by atoms with Crippen LogP contribution in [0.5, 0.6) is 5.75 Å². The lowest BCUT2D eigenvalue weighted by Gasteiger charge is -2.34. The van der Waals surface area contributed by atoms with Crippen molar-refractivity contribution in [3.8, 4) is 5.75 Å². The van der Waals surface area contributed by atoms with Crippen molar-refractivity contribution in [2.24, 2.45) is 5.92 Å². The summed E-state index contributed by atoms with van der Waals surface area (Å²) in [6.07, 6.45) is 6.91. The van der Waals surface area contributed by atoms with Crippen molar-refractivity contribution in [3.63, 3.8) is 0 Å². The predicted molar refractivity (Wildman–Crippen MR) is 119 cm³/mol. The van der Waals surface area contributed by atoms with E-state index in [0.717, 1.165) is 49.8 Å². The van der Waals surface area contributed by atoms with E-state index in [2.05, 4.69) is 5.32 Å². The highest BCUT2D eigenvalue weighted by molar-refractivity contribution is 5.98.